The molecule has 1 aromatic carbocycles. The number of aromatic carboxylic acids is 1. The average molecular weight is 292 g/mol. The van der Waals surface area contributed by atoms with Crippen LogP contribution >= 0.6 is 0 Å². The number of hydrogen-bond acceptors (Lipinski definition) is 3. The van der Waals surface area contributed by atoms with Crippen LogP contribution in [0.3, 0.4) is 0 Å². The Labute approximate surface area is 118 Å². The Hall–Kier alpha value is -2.83. The molecule has 1 aromatic heterocycles. The first-order chi connectivity index (χ1) is 9.97. The highest BCUT2D eigenvalue weighted by Crippen LogP contribution is 2.14. The molecule has 0 fully saturated rings. The number of aromatic nitrogens is 1. The Morgan fingerprint density at radius 3 is 2.62 bits per heavy atom. The van der Waals surface area contributed by atoms with Crippen molar-refractivity contribution in [1.82, 2.24) is 4.98 Å². The fourth-order valence-corrected chi connectivity index (χ4v) is 1.71. The van der Waals surface area contributed by atoms with Gasteiger partial charge in [0, 0.05) is 6.20 Å². The molecule has 5 nitrogen and oxygen atoms in total. The number of carbonyl (C=O) groups is 2. The van der Waals surface area contributed by atoms with Crippen LogP contribution in [0.1, 0.15) is 16.1 Å². The van der Waals surface area contributed by atoms with E-state index in [-0.39, 0.29) is 23.4 Å². The van der Waals surface area contributed by atoms with Crippen molar-refractivity contribution in [3.63, 3.8) is 0 Å². The maximum atomic E-state index is 13.0. The lowest BCUT2D eigenvalue weighted by Crippen LogP contribution is -2.17. The van der Waals surface area contributed by atoms with Crippen molar-refractivity contribution >= 4 is 17.6 Å². The molecule has 2 rings (SSSR count). The van der Waals surface area contributed by atoms with Crippen molar-refractivity contribution in [2.45, 2.75) is 6.42 Å². The van der Waals surface area contributed by atoms with E-state index in [2.05, 4.69) is 10.3 Å². The van der Waals surface area contributed by atoms with Gasteiger partial charge in [-0.25, -0.2) is 18.6 Å². The molecule has 1 heterocycles. The number of nitrogens with zero attached hydrogens (tertiary/aromatic N) is 1. The maximum Gasteiger partial charge on any atom is 0.356 e. The third kappa shape index (κ3) is 3.59. The molecule has 108 valence electrons. The van der Waals surface area contributed by atoms with E-state index in [1.807, 2.05) is 0 Å². The largest absolute Gasteiger partial charge is 0.476 e. The minimum atomic E-state index is -1.28. The average Bonchev–Trinajstić information content (AvgIpc) is 2.43. The van der Waals surface area contributed by atoms with Crippen LogP contribution in [0.25, 0.3) is 0 Å². The lowest BCUT2D eigenvalue weighted by Gasteiger charge is -2.07. The summed E-state index contributed by atoms with van der Waals surface area (Å²) in [7, 11) is 0. The van der Waals surface area contributed by atoms with Gasteiger partial charge in [-0.1, -0.05) is 6.07 Å². The zero-order valence-corrected chi connectivity index (χ0v) is 10.6. The molecule has 0 unspecified atom stereocenters. The van der Waals surface area contributed by atoms with Crippen molar-refractivity contribution in [1.29, 1.82) is 0 Å². The quantitative estimate of drug-likeness (QED) is 0.905. The van der Waals surface area contributed by atoms with Gasteiger partial charge in [-0.3, -0.25) is 4.79 Å². The molecule has 21 heavy (non-hydrogen) atoms. The number of nitrogens with one attached hydrogen (secondary N) is 1. The van der Waals surface area contributed by atoms with Crippen molar-refractivity contribution in [3.8, 4) is 0 Å². The molecular weight excluding hydrogens is 282 g/mol. The number of amides is 1. The number of halogens is 2. The Morgan fingerprint density at radius 1 is 1.19 bits per heavy atom. The van der Waals surface area contributed by atoms with Gasteiger partial charge in [0.25, 0.3) is 0 Å². The van der Waals surface area contributed by atoms with E-state index in [0.717, 1.165) is 12.1 Å². The molecule has 0 aliphatic carbocycles. The molecule has 0 bridgehead atoms. The summed E-state index contributed by atoms with van der Waals surface area (Å²) in [5.41, 5.74) is 0.0147. The summed E-state index contributed by atoms with van der Waals surface area (Å²) < 4.78 is 25.8. The number of pyridine rings is 1. The van der Waals surface area contributed by atoms with Gasteiger partial charge in [0.15, 0.2) is 17.3 Å². The molecule has 2 N–H and O–H groups in total. The number of hydrogen-bond donors (Lipinski definition) is 2. The highest BCUT2D eigenvalue weighted by Gasteiger charge is 2.14. The predicted molar refractivity (Wildman–Crippen MR) is 69.9 cm³/mol. The fourth-order valence-electron chi connectivity index (χ4n) is 1.71. The normalized spacial score (nSPS) is 10.2. The molecule has 1 amide bonds. The van der Waals surface area contributed by atoms with Crippen LogP contribution < -0.4 is 5.32 Å². The van der Waals surface area contributed by atoms with Crippen LogP contribution in [0.2, 0.25) is 0 Å². The van der Waals surface area contributed by atoms with Gasteiger partial charge < -0.3 is 10.4 Å². The maximum absolute atomic E-state index is 13.0. The van der Waals surface area contributed by atoms with Gasteiger partial charge in [0.2, 0.25) is 5.91 Å². The van der Waals surface area contributed by atoms with Crippen LogP contribution in [-0.2, 0) is 11.2 Å². The van der Waals surface area contributed by atoms with Crippen LogP contribution in [0.15, 0.2) is 36.5 Å². The Bertz CT molecular complexity index is 704. The van der Waals surface area contributed by atoms with E-state index in [0.29, 0.717) is 0 Å². The van der Waals surface area contributed by atoms with Crippen molar-refractivity contribution in [2.24, 2.45) is 0 Å². The SMILES string of the molecule is O=C(Cc1ccc(F)c(F)c1)Nc1cccnc1C(=O)O. The fraction of sp³-hybridized carbons (Fsp3) is 0.0714. The molecule has 0 radical (unpaired) electrons. The van der Waals surface area contributed by atoms with Gasteiger partial charge >= 0.3 is 5.97 Å². The molecule has 0 saturated heterocycles. The van der Waals surface area contributed by atoms with Crippen LogP contribution in [-0.4, -0.2) is 22.0 Å². The van der Waals surface area contributed by atoms with E-state index in [1.54, 1.807) is 0 Å². The monoisotopic (exact) mass is 292 g/mol. The summed E-state index contributed by atoms with van der Waals surface area (Å²) in [6.07, 6.45) is 1.07. The standard InChI is InChI=1S/C14H10F2N2O3/c15-9-4-3-8(6-10(9)16)7-12(19)18-11-2-1-5-17-13(11)14(20)21/h1-6H,7H2,(H,18,19)(H,20,21). The Kier molecular flexibility index (Phi) is 4.22. The lowest BCUT2D eigenvalue weighted by molar-refractivity contribution is -0.115. The summed E-state index contributed by atoms with van der Waals surface area (Å²) in [4.78, 5) is 26.4. The summed E-state index contributed by atoms with van der Waals surface area (Å²) in [5, 5.41) is 11.3. The first kappa shape index (κ1) is 14.6. The molecule has 0 spiro atoms. The highest BCUT2D eigenvalue weighted by atomic mass is 19.2. The second-order valence-corrected chi connectivity index (χ2v) is 4.18. The van der Waals surface area contributed by atoms with E-state index in [9.17, 15) is 18.4 Å². The number of carboxylic acids is 1. The molecule has 0 atom stereocenters. The zero-order chi connectivity index (χ0) is 15.4. The minimum absolute atomic E-state index is 0.0394. The third-order valence-corrected chi connectivity index (χ3v) is 2.63. The molecule has 7 heteroatoms. The van der Waals surface area contributed by atoms with E-state index in [1.165, 1.54) is 24.4 Å². The van der Waals surface area contributed by atoms with E-state index in [4.69, 9.17) is 5.11 Å². The highest BCUT2D eigenvalue weighted by molar-refractivity contribution is 5.99. The van der Waals surface area contributed by atoms with Crippen molar-refractivity contribution in [3.05, 3.63) is 59.4 Å². The molecule has 0 aliphatic rings. The Morgan fingerprint density at radius 2 is 1.95 bits per heavy atom. The van der Waals surface area contributed by atoms with Gasteiger partial charge in [-0.15, -0.1) is 0 Å². The smallest absolute Gasteiger partial charge is 0.356 e. The van der Waals surface area contributed by atoms with Crippen molar-refractivity contribution in [2.75, 3.05) is 5.32 Å². The molecule has 2 aromatic rings. The van der Waals surface area contributed by atoms with Gasteiger partial charge in [0.1, 0.15) is 0 Å². The second kappa shape index (κ2) is 6.08. The first-order valence-electron chi connectivity index (χ1n) is 5.89. The summed E-state index contributed by atoms with van der Waals surface area (Å²) in [6, 6.07) is 5.97. The third-order valence-electron chi connectivity index (χ3n) is 2.63. The van der Waals surface area contributed by atoms with Crippen LogP contribution in [0.4, 0.5) is 14.5 Å². The lowest BCUT2D eigenvalue weighted by atomic mass is 10.1. The minimum Gasteiger partial charge on any atom is -0.476 e. The van der Waals surface area contributed by atoms with Crippen LogP contribution in [0.5, 0.6) is 0 Å². The predicted octanol–water partition coefficient (Wildman–Crippen LogP) is 2.24. The number of anilines is 1. The number of carboxylic acid groups (broad SMARTS) is 1. The van der Waals surface area contributed by atoms with Crippen molar-refractivity contribution < 1.29 is 23.5 Å². The van der Waals surface area contributed by atoms with Gasteiger partial charge in [0.05, 0.1) is 12.1 Å². The second-order valence-electron chi connectivity index (χ2n) is 4.18. The number of rotatable bonds is 4. The summed E-state index contributed by atoms with van der Waals surface area (Å²) in [6.45, 7) is 0. The van der Waals surface area contributed by atoms with E-state index < -0.39 is 23.5 Å². The van der Waals surface area contributed by atoms with Gasteiger partial charge in [-0.05, 0) is 29.8 Å². The van der Waals surface area contributed by atoms with Gasteiger partial charge in [-0.2, -0.15) is 0 Å². The summed E-state index contributed by atoms with van der Waals surface area (Å²) >= 11 is 0. The number of benzene rings is 1. The van der Waals surface area contributed by atoms with E-state index >= 15 is 0 Å². The topological polar surface area (TPSA) is 79.3 Å². The molecular formula is C14H10F2N2O3. The Balaban J connectivity index is 2.12. The number of carbonyl (C=O) groups excluding carboxylic acids is 1. The first-order valence-corrected chi connectivity index (χ1v) is 5.89. The molecule has 0 aliphatic heterocycles. The molecule has 0 saturated carbocycles. The summed E-state index contributed by atoms with van der Waals surface area (Å²) in [5.74, 6) is -3.89. The zero-order valence-electron chi connectivity index (χ0n) is 10.6. The van der Waals surface area contributed by atoms with Crippen LogP contribution in [0, 0.1) is 11.6 Å².